The summed E-state index contributed by atoms with van der Waals surface area (Å²) >= 11 is 0. The minimum Gasteiger partial charge on any atom is -0.481 e. The Kier molecular flexibility index (Phi) is 4.15. The number of hydrogen-bond acceptors (Lipinski definition) is 3. The number of nitrogens with zero attached hydrogens (tertiary/aromatic N) is 1. The van der Waals surface area contributed by atoms with Crippen molar-refractivity contribution in [2.45, 2.75) is 6.18 Å². The number of rotatable bonds is 4. The summed E-state index contributed by atoms with van der Waals surface area (Å²) in [5, 5.41) is 9.51. The Hall–Kier alpha value is -0.820. The van der Waals surface area contributed by atoms with Crippen LogP contribution in [0.2, 0.25) is 0 Å². The van der Waals surface area contributed by atoms with Crippen LogP contribution >= 0.6 is 0 Å². The molecule has 1 atom stereocenters. The van der Waals surface area contributed by atoms with E-state index < -0.39 is 24.6 Å². The maximum Gasteiger partial charge on any atom is 0.403 e. The molecule has 0 spiro atoms. The molecule has 0 radical (unpaired) electrons. The van der Waals surface area contributed by atoms with Crippen LogP contribution in [0.15, 0.2) is 0 Å². The van der Waals surface area contributed by atoms with Crippen molar-refractivity contribution < 1.29 is 23.1 Å². The summed E-state index contributed by atoms with van der Waals surface area (Å²) in [4.78, 5) is 10.2. The number of halogens is 3. The first-order valence-corrected chi connectivity index (χ1v) is 3.45. The number of carboxylic acids is 1. The van der Waals surface area contributed by atoms with Gasteiger partial charge in [0.2, 0.25) is 0 Å². The van der Waals surface area contributed by atoms with Gasteiger partial charge in [0.1, 0.15) is 0 Å². The average molecular weight is 200 g/mol. The standard InChI is InChI=1S/C6H11F3N2O2/c1-11(2)10-3-4(5(12)13)6(7,8)9/h4,10H,3H2,1-2H3,(H,12,13). The van der Waals surface area contributed by atoms with Gasteiger partial charge < -0.3 is 5.11 Å². The molecule has 1 unspecified atom stereocenters. The second kappa shape index (κ2) is 4.43. The van der Waals surface area contributed by atoms with Gasteiger partial charge >= 0.3 is 12.1 Å². The molecule has 13 heavy (non-hydrogen) atoms. The first-order valence-electron chi connectivity index (χ1n) is 3.45. The number of aliphatic carboxylic acids is 1. The van der Waals surface area contributed by atoms with Crippen LogP contribution in [0, 0.1) is 5.92 Å². The number of hydrazine groups is 1. The maximum atomic E-state index is 12.0. The molecule has 0 aromatic rings. The number of hydrogen-bond donors (Lipinski definition) is 2. The summed E-state index contributed by atoms with van der Waals surface area (Å²) in [6, 6.07) is 0. The van der Waals surface area contributed by atoms with Gasteiger partial charge in [-0.2, -0.15) is 13.2 Å². The molecule has 0 aromatic carbocycles. The van der Waals surface area contributed by atoms with Gasteiger partial charge in [0.15, 0.2) is 5.92 Å². The Balaban J connectivity index is 4.20. The van der Waals surface area contributed by atoms with Crippen LogP contribution in [0.5, 0.6) is 0 Å². The Labute approximate surface area is 73.3 Å². The van der Waals surface area contributed by atoms with Crippen molar-refractivity contribution in [2.75, 3.05) is 20.6 Å². The van der Waals surface area contributed by atoms with E-state index in [0.717, 1.165) is 0 Å². The summed E-state index contributed by atoms with van der Waals surface area (Å²) in [5.41, 5.74) is 2.27. The molecule has 78 valence electrons. The van der Waals surface area contributed by atoms with Crippen LogP contribution in [0.1, 0.15) is 0 Å². The number of alkyl halides is 3. The summed E-state index contributed by atoms with van der Waals surface area (Å²) in [5.74, 6) is -4.24. The predicted octanol–water partition coefficient (Wildman–Crippen LogP) is 0.316. The van der Waals surface area contributed by atoms with Gasteiger partial charge in [-0.25, -0.2) is 0 Å². The molecule has 0 heterocycles. The van der Waals surface area contributed by atoms with Gasteiger partial charge in [0.25, 0.3) is 0 Å². The summed E-state index contributed by atoms with van der Waals surface area (Å²) in [6.45, 7) is -0.661. The zero-order valence-corrected chi connectivity index (χ0v) is 7.22. The van der Waals surface area contributed by atoms with E-state index in [-0.39, 0.29) is 0 Å². The summed E-state index contributed by atoms with van der Waals surface area (Å²) < 4.78 is 35.9. The third-order valence-corrected chi connectivity index (χ3v) is 1.30. The predicted molar refractivity (Wildman–Crippen MR) is 38.9 cm³/mol. The summed E-state index contributed by atoms with van der Waals surface area (Å²) in [6.07, 6.45) is -4.71. The molecule has 0 aliphatic rings. The minimum atomic E-state index is -4.71. The lowest BCUT2D eigenvalue weighted by atomic mass is 10.1. The Morgan fingerprint density at radius 3 is 2.23 bits per heavy atom. The van der Waals surface area contributed by atoms with E-state index in [4.69, 9.17) is 5.11 Å². The van der Waals surface area contributed by atoms with Crippen LogP contribution in [0.3, 0.4) is 0 Å². The van der Waals surface area contributed by atoms with E-state index in [1.807, 2.05) is 0 Å². The highest BCUT2D eigenvalue weighted by Gasteiger charge is 2.44. The molecule has 7 heteroatoms. The highest BCUT2D eigenvalue weighted by atomic mass is 19.4. The normalized spacial score (nSPS) is 14.6. The van der Waals surface area contributed by atoms with E-state index in [1.165, 1.54) is 19.1 Å². The second-order valence-electron chi connectivity index (χ2n) is 2.69. The molecular formula is C6H11F3N2O2. The first-order chi connectivity index (χ1) is 5.75. The fourth-order valence-electron chi connectivity index (χ4n) is 0.617. The van der Waals surface area contributed by atoms with Gasteiger partial charge in [0, 0.05) is 20.6 Å². The van der Waals surface area contributed by atoms with Gasteiger partial charge in [0.05, 0.1) is 0 Å². The SMILES string of the molecule is CN(C)NCC(C(=O)O)C(F)(F)F. The van der Waals surface area contributed by atoms with Crippen molar-refractivity contribution in [2.24, 2.45) is 5.92 Å². The van der Waals surface area contributed by atoms with Crippen LogP contribution in [0.4, 0.5) is 13.2 Å². The third-order valence-electron chi connectivity index (χ3n) is 1.30. The van der Waals surface area contributed by atoms with Gasteiger partial charge in [-0.1, -0.05) is 0 Å². The molecule has 0 fully saturated rings. The minimum absolute atomic E-state index is 0.661. The van der Waals surface area contributed by atoms with E-state index in [0.29, 0.717) is 0 Å². The molecule has 0 aromatic heterocycles. The van der Waals surface area contributed by atoms with E-state index >= 15 is 0 Å². The van der Waals surface area contributed by atoms with Crippen molar-refractivity contribution in [3.05, 3.63) is 0 Å². The van der Waals surface area contributed by atoms with E-state index in [1.54, 1.807) is 0 Å². The molecule has 0 rings (SSSR count). The van der Waals surface area contributed by atoms with Gasteiger partial charge in [-0.05, 0) is 0 Å². The van der Waals surface area contributed by atoms with Gasteiger partial charge in [-0.3, -0.25) is 15.2 Å². The Morgan fingerprint density at radius 1 is 1.54 bits per heavy atom. The molecule has 4 nitrogen and oxygen atoms in total. The smallest absolute Gasteiger partial charge is 0.403 e. The third kappa shape index (κ3) is 4.69. The summed E-state index contributed by atoms with van der Waals surface area (Å²) in [7, 11) is 2.96. The lowest BCUT2D eigenvalue weighted by Gasteiger charge is -2.19. The quantitative estimate of drug-likeness (QED) is 0.641. The molecule has 0 bridgehead atoms. The van der Waals surface area contributed by atoms with E-state index in [2.05, 4.69) is 5.43 Å². The monoisotopic (exact) mass is 200 g/mol. The van der Waals surface area contributed by atoms with Crippen LogP contribution in [-0.2, 0) is 4.79 Å². The average Bonchev–Trinajstić information content (AvgIpc) is 1.81. The highest BCUT2D eigenvalue weighted by molar-refractivity contribution is 5.71. The Morgan fingerprint density at radius 2 is 2.00 bits per heavy atom. The largest absolute Gasteiger partial charge is 0.481 e. The van der Waals surface area contributed by atoms with Crippen LogP contribution < -0.4 is 5.43 Å². The fraction of sp³-hybridized carbons (Fsp3) is 0.833. The molecule has 0 saturated heterocycles. The number of nitrogens with one attached hydrogen (secondary N) is 1. The highest BCUT2D eigenvalue weighted by Crippen LogP contribution is 2.25. The number of carbonyl (C=O) groups is 1. The molecule has 0 aliphatic heterocycles. The van der Waals surface area contributed by atoms with Crippen LogP contribution in [0.25, 0.3) is 0 Å². The van der Waals surface area contributed by atoms with Crippen molar-refractivity contribution >= 4 is 5.97 Å². The molecule has 0 amide bonds. The second-order valence-corrected chi connectivity index (χ2v) is 2.69. The number of carboxylic acid groups (broad SMARTS) is 1. The lowest BCUT2D eigenvalue weighted by Crippen LogP contribution is -2.43. The molecule has 0 saturated carbocycles. The zero-order valence-electron chi connectivity index (χ0n) is 7.22. The Bertz CT molecular complexity index is 181. The molecule has 0 aliphatic carbocycles. The fourth-order valence-corrected chi connectivity index (χ4v) is 0.617. The molecule has 2 N–H and O–H groups in total. The van der Waals surface area contributed by atoms with Crippen molar-refractivity contribution in [1.29, 1.82) is 0 Å². The zero-order chi connectivity index (χ0) is 10.6. The lowest BCUT2D eigenvalue weighted by molar-refractivity contribution is -0.193. The van der Waals surface area contributed by atoms with Crippen molar-refractivity contribution in [3.63, 3.8) is 0 Å². The topological polar surface area (TPSA) is 52.6 Å². The maximum absolute atomic E-state index is 12.0. The van der Waals surface area contributed by atoms with Crippen molar-refractivity contribution in [3.8, 4) is 0 Å². The molecular weight excluding hydrogens is 189 g/mol. The van der Waals surface area contributed by atoms with Crippen LogP contribution in [-0.4, -0.2) is 42.9 Å². The first kappa shape index (κ1) is 12.2. The van der Waals surface area contributed by atoms with Crippen molar-refractivity contribution in [1.82, 2.24) is 10.4 Å². The van der Waals surface area contributed by atoms with Gasteiger partial charge in [-0.15, -0.1) is 0 Å². The van der Waals surface area contributed by atoms with E-state index in [9.17, 15) is 18.0 Å².